The summed E-state index contributed by atoms with van der Waals surface area (Å²) >= 11 is 0. The Labute approximate surface area is 204 Å². The molecule has 3 aromatic heterocycles. The highest BCUT2D eigenvalue weighted by Gasteiger charge is 2.42. The van der Waals surface area contributed by atoms with Gasteiger partial charge in [0, 0.05) is 25.1 Å². The van der Waals surface area contributed by atoms with E-state index >= 15 is 0 Å². The number of alkyl halides is 3. The number of carbonyl (C=O) groups excluding carboxylic acids is 1. The van der Waals surface area contributed by atoms with E-state index in [4.69, 9.17) is 4.74 Å². The summed E-state index contributed by atoms with van der Waals surface area (Å²) in [5.41, 5.74) is 2.58. The van der Waals surface area contributed by atoms with Crippen molar-refractivity contribution in [1.82, 2.24) is 34.4 Å². The van der Waals surface area contributed by atoms with Gasteiger partial charge in [-0.05, 0) is 18.4 Å². The zero-order valence-corrected chi connectivity index (χ0v) is 19.7. The number of fused-ring (bicyclic) bond motifs is 2. The molecule has 0 saturated carbocycles. The number of hydrogen-bond acceptors (Lipinski definition) is 6. The van der Waals surface area contributed by atoms with Gasteiger partial charge in [-0.2, -0.15) is 18.3 Å². The second-order valence-electron chi connectivity index (χ2n) is 8.61. The minimum Gasteiger partial charge on any atom is -0.494 e. The van der Waals surface area contributed by atoms with Crippen molar-refractivity contribution in [1.29, 1.82) is 0 Å². The standard InChI is InChI=1S/C24H24F3N7O2/c1-3-18-20(33-13-17(36-2)12-29-23(33)30-18)22(35)28-11-14-4-6-15(7-5-14)21-31-19-10-16(24(25,26)27)8-9-34(19)32-21/h4-7,12-13,16H,3,8-11H2,1-2H3,(H,28,35)/t16-/m1/s1. The highest BCUT2D eigenvalue weighted by molar-refractivity contribution is 5.94. The number of nitrogens with one attached hydrogen (secondary N) is 1. The maximum absolute atomic E-state index is 13.1. The van der Waals surface area contributed by atoms with Gasteiger partial charge in [0.2, 0.25) is 5.78 Å². The normalized spacial score (nSPS) is 15.6. The summed E-state index contributed by atoms with van der Waals surface area (Å²) in [5.74, 6) is -0.00850. The van der Waals surface area contributed by atoms with Gasteiger partial charge in [-0.3, -0.25) is 9.20 Å². The Bertz CT molecular complexity index is 1410. The molecule has 0 unspecified atom stereocenters. The quantitative estimate of drug-likeness (QED) is 0.435. The highest BCUT2D eigenvalue weighted by atomic mass is 19.4. The molecule has 4 heterocycles. The molecular formula is C24H24F3N7O2. The van der Waals surface area contributed by atoms with E-state index < -0.39 is 12.1 Å². The van der Waals surface area contributed by atoms with Gasteiger partial charge in [0.15, 0.2) is 11.6 Å². The molecule has 0 fully saturated rings. The fourth-order valence-corrected chi connectivity index (χ4v) is 4.30. The predicted octanol–water partition coefficient (Wildman–Crippen LogP) is 3.61. The highest BCUT2D eigenvalue weighted by Crippen LogP contribution is 2.34. The first-order valence-electron chi connectivity index (χ1n) is 11.6. The van der Waals surface area contributed by atoms with Gasteiger partial charge < -0.3 is 10.1 Å². The molecule has 188 valence electrons. The van der Waals surface area contributed by atoms with Crippen molar-refractivity contribution < 1.29 is 22.7 Å². The Kier molecular flexibility index (Phi) is 6.10. The van der Waals surface area contributed by atoms with Crippen molar-refractivity contribution >= 4 is 11.7 Å². The van der Waals surface area contributed by atoms with Crippen LogP contribution in [0.3, 0.4) is 0 Å². The van der Waals surface area contributed by atoms with Crippen molar-refractivity contribution in [3.05, 3.63) is 59.4 Å². The van der Waals surface area contributed by atoms with Crippen LogP contribution in [0.5, 0.6) is 5.75 Å². The van der Waals surface area contributed by atoms with Crippen LogP contribution >= 0.6 is 0 Å². The smallest absolute Gasteiger partial charge is 0.392 e. The van der Waals surface area contributed by atoms with E-state index in [0.717, 1.165) is 5.56 Å². The molecule has 1 aliphatic heterocycles. The van der Waals surface area contributed by atoms with Gasteiger partial charge in [0.05, 0.1) is 31.1 Å². The minimum absolute atomic E-state index is 0.00694. The summed E-state index contributed by atoms with van der Waals surface area (Å²) in [6.07, 6.45) is -0.600. The van der Waals surface area contributed by atoms with Gasteiger partial charge in [-0.25, -0.2) is 19.6 Å². The van der Waals surface area contributed by atoms with Crippen molar-refractivity contribution in [3.63, 3.8) is 0 Å². The number of halogens is 3. The molecule has 9 nitrogen and oxygen atoms in total. The molecule has 1 aromatic carbocycles. The monoisotopic (exact) mass is 499 g/mol. The molecule has 0 radical (unpaired) electrons. The van der Waals surface area contributed by atoms with Crippen LogP contribution in [-0.2, 0) is 25.9 Å². The van der Waals surface area contributed by atoms with Gasteiger partial charge in [-0.1, -0.05) is 31.2 Å². The minimum atomic E-state index is -4.23. The number of aryl methyl sites for hydroxylation is 2. The molecule has 4 aromatic rings. The molecule has 1 amide bonds. The predicted molar refractivity (Wildman–Crippen MR) is 123 cm³/mol. The fraction of sp³-hybridized carbons (Fsp3) is 0.375. The number of hydrogen-bond donors (Lipinski definition) is 1. The van der Waals surface area contributed by atoms with Gasteiger partial charge in [-0.15, -0.1) is 0 Å². The number of amides is 1. The molecule has 0 aliphatic carbocycles. The molecule has 1 atom stereocenters. The van der Waals surface area contributed by atoms with Crippen LogP contribution in [0, 0.1) is 5.92 Å². The first-order chi connectivity index (χ1) is 17.3. The lowest BCUT2D eigenvalue weighted by Crippen LogP contribution is -2.31. The van der Waals surface area contributed by atoms with E-state index in [1.54, 1.807) is 33.6 Å². The van der Waals surface area contributed by atoms with Crippen molar-refractivity contribution in [3.8, 4) is 17.1 Å². The van der Waals surface area contributed by atoms with Crippen LogP contribution in [0.2, 0.25) is 0 Å². The fourth-order valence-electron chi connectivity index (χ4n) is 4.30. The first-order valence-corrected chi connectivity index (χ1v) is 11.6. The van der Waals surface area contributed by atoms with E-state index in [-0.39, 0.29) is 31.8 Å². The number of benzene rings is 1. The van der Waals surface area contributed by atoms with Crippen molar-refractivity contribution in [2.75, 3.05) is 7.11 Å². The number of carbonyl (C=O) groups is 1. The molecule has 36 heavy (non-hydrogen) atoms. The van der Waals surface area contributed by atoms with Gasteiger partial charge in [0.25, 0.3) is 5.91 Å². The van der Waals surface area contributed by atoms with E-state index in [9.17, 15) is 18.0 Å². The summed E-state index contributed by atoms with van der Waals surface area (Å²) in [5, 5.41) is 7.29. The number of rotatable bonds is 6. The molecule has 0 saturated heterocycles. The third-order valence-electron chi connectivity index (χ3n) is 6.31. The largest absolute Gasteiger partial charge is 0.494 e. The number of aromatic nitrogens is 6. The average Bonchev–Trinajstić information content (AvgIpc) is 3.47. The lowest BCUT2D eigenvalue weighted by molar-refractivity contribution is -0.179. The Hall–Kier alpha value is -3.96. The Balaban J connectivity index is 1.28. The van der Waals surface area contributed by atoms with E-state index in [2.05, 4.69) is 25.4 Å². The SMILES string of the molecule is CCc1nc2ncc(OC)cn2c1C(=O)NCc1ccc(-c2nc3n(n2)CC[C@@H](C(F)(F)F)C3)cc1. The summed E-state index contributed by atoms with van der Waals surface area (Å²) < 4.78 is 47.6. The molecule has 1 N–H and O–H groups in total. The van der Waals surface area contributed by atoms with Crippen LogP contribution in [0.4, 0.5) is 13.2 Å². The molecule has 12 heteroatoms. The zero-order chi connectivity index (χ0) is 25.4. The van der Waals surface area contributed by atoms with Crippen LogP contribution in [0.25, 0.3) is 17.2 Å². The molecule has 0 spiro atoms. The molecule has 1 aliphatic rings. The third-order valence-corrected chi connectivity index (χ3v) is 6.31. The van der Waals surface area contributed by atoms with Crippen molar-refractivity contribution in [2.24, 2.45) is 5.92 Å². The summed E-state index contributed by atoms with van der Waals surface area (Å²) in [7, 11) is 1.53. The number of ether oxygens (including phenoxy) is 1. The summed E-state index contributed by atoms with van der Waals surface area (Å²) in [6.45, 7) is 2.38. The van der Waals surface area contributed by atoms with E-state index in [1.807, 2.05) is 19.1 Å². The molecule has 0 bridgehead atoms. The van der Waals surface area contributed by atoms with Crippen LogP contribution in [0.15, 0.2) is 36.7 Å². The second-order valence-corrected chi connectivity index (χ2v) is 8.61. The average molecular weight is 499 g/mol. The Morgan fingerprint density at radius 1 is 1.22 bits per heavy atom. The van der Waals surface area contributed by atoms with Crippen molar-refractivity contribution in [2.45, 2.75) is 45.5 Å². The van der Waals surface area contributed by atoms with Crippen LogP contribution < -0.4 is 10.1 Å². The topological polar surface area (TPSA) is 99.2 Å². The number of nitrogens with zero attached hydrogens (tertiary/aromatic N) is 6. The zero-order valence-electron chi connectivity index (χ0n) is 19.7. The molecule has 5 rings (SSSR count). The lowest BCUT2D eigenvalue weighted by atomic mass is 9.98. The Morgan fingerprint density at radius 2 is 2.00 bits per heavy atom. The van der Waals surface area contributed by atoms with Crippen LogP contribution in [0.1, 0.15) is 40.9 Å². The third kappa shape index (κ3) is 4.50. The van der Waals surface area contributed by atoms with E-state index in [1.165, 1.54) is 7.11 Å². The Morgan fingerprint density at radius 3 is 2.69 bits per heavy atom. The molecular weight excluding hydrogens is 475 g/mol. The van der Waals surface area contributed by atoms with E-state index in [0.29, 0.717) is 46.5 Å². The lowest BCUT2D eigenvalue weighted by Gasteiger charge is -2.24. The maximum atomic E-state index is 13.1. The number of imidazole rings is 1. The van der Waals surface area contributed by atoms with Gasteiger partial charge in [0.1, 0.15) is 11.5 Å². The van der Waals surface area contributed by atoms with Gasteiger partial charge >= 0.3 is 6.18 Å². The summed E-state index contributed by atoms with van der Waals surface area (Å²) in [4.78, 5) is 26.0. The second kappa shape index (κ2) is 9.25. The maximum Gasteiger partial charge on any atom is 0.392 e. The summed E-state index contributed by atoms with van der Waals surface area (Å²) in [6, 6.07) is 7.25. The van der Waals surface area contributed by atoms with Crippen LogP contribution in [-0.4, -0.2) is 48.3 Å². The number of methoxy groups -OCH3 is 1. The first kappa shape index (κ1) is 23.8.